The number of aliphatic hydroxyl groups is 1. The zero-order valence-corrected chi connectivity index (χ0v) is 12.5. The van der Waals surface area contributed by atoms with Crippen LogP contribution in [0.25, 0.3) is 0 Å². The lowest BCUT2D eigenvalue weighted by Crippen LogP contribution is -2.33. The maximum absolute atomic E-state index is 10.5. The lowest BCUT2D eigenvalue weighted by Gasteiger charge is -2.25. The van der Waals surface area contributed by atoms with Crippen LogP contribution in [0.2, 0.25) is 0 Å². The molecule has 2 aliphatic heterocycles. The van der Waals surface area contributed by atoms with Gasteiger partial charge >= 0.3 is 0 Å². The van der Waals surface area contributed by atoms with Crippen LogP contribution in [0.4, 0.5) is 0 Å². The van der Waals surface area contributed by atoms with E-state index in [-0.39, 0.29) is 6.10 Å². The van der Waals surface area contributed by atoms with Gasteiger partial charge in [0.05, 0.1) is 12.2 Å². The van der Waals surface area contributed by atoms with Gasteiger partial charge in [-0.2, -0.15) is 0 Å². The number of benzene rings is 1. The first-order chi connectivity index (χ1) is 10.2. The zero-order valence-electron chi connectivity index (χ0n) is 12.5. The van der Waals surface area contributed by atoms with Crippen molar-refractivity contribution in [3.63, 3.8) is 0 Å². The Balaban J connectivity index is 1.65. The molecule has 0 radical (unpaired) electrons. The van der Waals surface area contributed by atoms with Crippen molar-refractivity contribution in [2.45, 2.75) is 25.6 Å². The van der Waals surface area contributed by atoms with Crippen LogP contribution in [0, 0.1) is 0 Å². The molecule has 5 heteroatoms. The summed E-state index contributed by atoms with van der Waals surface area (Å²) in [6.45, 7) is 6.47. The van der Waals surface area contributed by atoms with Gasteiger partial charge in [-0.3, -0.25) is 4.90 Å². The predicted octanol–water partition coefficient (Wildman–Crippen LogP) is 1.60. The predicted molar refractivity (Wildman–Crippen MR) is 78.9 cm³/mol. The maximum Gasteiger partial charge on any atom is 0.161 e. The molecular weight excluding hydrogens is 270 g/mol. The highest BCUT2D eigenvalue weighted by Gasteiger charge is 2.20. The van der Waals surface area contributed by atoms with Gasteiger partial charge < -0.3 is 19.3 Å². The van der Waals surface area contributed by atoms with Crippen LogP contribution in [0.3, 0.4) is 0 Å². The van der Waals surface area contributed by atoms with E-state index in [9.17, 15) is 5.11 Å². The lowest BCUT2D eigenvalue weighted by molar-refractivity contribution is 0.0561. The smallest absolute Gasteiger partial charge is 0.161 e. The monoisotopic (exact) mass is 293 g/mol. The average molecular weight is 293 g/mol. The van der Waals surface area contributed by atoms with Gasteiger partial charge in [-0.05, 0) is 31.0 Å². The number of β-amino-alcohol motifs (C(OH)–C–C–N with tert-alkyl or cyclic N) is 1. The van der Waals surface area contributed by atoms with Gasteiger partial charge in [0.15, 0.2) is 11.5 Å². The Hall–Kier alpha value is -1.30. The molecule has 2 heterocycles. The van der Waals surface area contributed by atoms with Gasteiger partial charge in [0, 0.05) is 26.2 Å². The van der Waals surface area contributed by atoms with Crippen LogP contribution < -0.4 is 9.47 Å². The summed E-state index contributed by atoms with van der Waals surface area (Å²) < 4.78 is 16.7. The van der Waals surface area contributed by atoms with Crippen molar-refractivity contribution in [3.8, 4) is 11.5 Å². The van der Waals surface area contributed by atoms with Crippen molar-refractivity contribution in [1.29, 1.82) is 0 Å². The second-order valence-electron chi connectivity index (χ2n) is 5.71. The van der Waals surface area contributed by atoms with E-state index in [0.717, 1.165) is 43.2 Å². The Morgan fingerprint density at radius 2 is 2.05 bits per heavy atom. The van der Waals surface area contributed by atoms with E-state index in [2.05, 4.69) is 11.8 Å². The minimum absolute atomic E-state index is 0.222. The number of hydrogen-bond acceptors (Lipinski definition) is 5. The molecule has 0 bridgehead atoms. The minimum atomic E-state index is -0.522. The molecule has 5 nitrogen and oxygen atoms in total. The molecule has 1 N–H and O–H groups in total. The molecule has 1 saturated heterocycles. The molecule has 2 atom stereocenters. The number of hydrogen-bond donors (Lipinski definition) is 1. The highest BCUT2D eigenvalue weighted by molar-refractivity contribution is 5.44. The number of nitrogens with zero attached hydrogens (tertiary/aromatic N) is 1. The average Bonchev–Trinajstić information content (AvgIpc) is 2.70. The Morgan fingerprint density at radius 1 is 1.24 bits per heavy atom. The van der Waals surface area contributed by atoms with Crippen LogP contribution in [-0.2, 0) is 4.74 Å². The van der Waals surface area contributed by atoms with Crippen molar-refractivity contribution in [2.75, 3.05) is 39.5 Å². The second-order valence-corrected chi connectivity index (χ2v) is 5.71. The lowest BCUT2D eigenvalue weighted by atomic mass is 10.1. The molecule has 0 amide bonds. The third kappa shape index (κ3) is 3.67. The summed E-state index contributed by atoms with van der Waals surface area (Å²) in [7, 11) is 0. The molecule has 1 fully saturated rings. The van der Waals surface area contributed by atoms with Crippen molar-refractivity contribution >= 4 is 0 Å². The number of fused-ring (bicyclic) bond motifs is 1. The molecule has 2 unspecified atom stereocenters. The summed E-state index contributed by atoms with van der Waals surface area (Å²) >= 11 is 0. The summed E-state index contributed by atoms with van der Waals surface area (Å²) in [6, 6.07) is 5.67. The number of rotatable bonds is 3. The Kier molecular flexibility index (Phi) is 4.63. The molecule has 0 saturated carbocycles. The third-order valence-electron chi connectivity index (χ3n) is 3.92. The highest BCUT2D eigenvalue weighted by atomic mass is 16.6. The first-order valence-corrected chi connectivity index (χ1v) is 7.64. The van der Waals surface area contributed by atoms with Gasteiger partial charge in [0.1, 0.15) is 13.2 Å². The fraction of sp³-hybridized carbons (Fsp3) is 0.625. The van der Waals surface area contributed by atoms with Gasteiger partial charge in [0.25, 0.3) is 0 Å². The summed E-state index contributed by atoms with van der Waals surface area (Å²) in [5.74, 6) is 1.49. The summed E-state index contributed by atoms with van der Waals surface area (Å²) in [6.07, 6.45) is 0.712. The van der Waals surface area contributed by atoms with Crippen LogP contribution in [0.15, 0.2) is 18.2 Å². The Labute approximate surface area is 125 Å². The summed E-state index contributed by atoms with van der Waals surface area (Å²) in [5.41, 5.74) is 0.872. The van der Waals surface area contributed by atoms with Crippen LogP contribution in [0.5, 0.6) is 11.5 Å². The first kappa shape index (κ1) is 14.6. The molecule has 1 aromatic carbocycles. The molecular formula is C16H23NO4. The Bertz CT molecular complexity index is 479. The fourth-order valence-corrected chi connectivity index (χ4v) is 2.86. The van der Waals surface area contributed by atoms with Crippen molar-refractivity contribution < 1.29 is 19.3 Å². The first-order valence-electron chi connectivity index (χ1n) is 7.64. The van der Waals surface area contributed by atoms with Gasteiger partial charge in [-0.15, -0.1) is 0 Å². The number of ether oxygens (including phenoxy) is 3. The largest absolute Gasteiger partial charge is 0.486 e. The van der Waals surface area contributed by atoms with E-state index in [4.69, 9.17) is 14.2 Å². The van der Waals surface area contributed by atoms with E-state index < -0.39 is 6.10 Å². The number of aliphatic hydroxyl groups excluding tert-OH is 1. The molecule has 1 aromatic rings. The SMILES string of the molecule is CC1CN(CC(O)c2ccc3c(c2)OCCO3)CCCO1. The van der Waals surface area contributed by atoms with E-state index in [1.807, 2.05) is 18.2 Å². The minimum Gasteiger partial charge on any atom is -0.486 e. The van der Waals surface area contributed by atoms with Crippen LogP contribution in [-0.4, -0.2) is 55.6 Å². The Morgan fingerprint density at radius 3 is 2.90 bits per heavy atom. The highest BCUT2D eigenvalue weighted by Crippen LogP contribution is 2.32. The van der Waals surface area contributed by atoms with Gasteiger partial charge in [-0.1, -0.05) is 6.07 Å². The fourth-order valence-electron chi connectivity index (χ4n) is 2.86. The van der Waals surface area contributed by atoms with Crippen molar-refractivity contribution in [2.24, 2.45) is 0 Å². The van der Waals surface area contributed by atoms with Gasteiger partial charge in [-0.25, -0.2) is 0 Å². The van der Waals surface area contributed by atoms with Gasteiger partial charge in [0.2, 0.25) is 0 Å². The maximum atomic E-state index is 10.5. The molecule has 116 valence electrons. The standard InChI is InChI=1S/C16H23NO4/c1-12-10-17(5-2-6-19-12)11-14(18)13-3-4-15-16(9-13)21-8-7-20-15/h3-4,9,12,14,18H,2,5-8,10-11H2,1H3. The van der Waals surface area contributed by atoms with Crippen molar-refractivity contribution in [3.05, 3.63) is 23.8 Å². The quantitative estimate of drug-likeness (QED) is 0.917. The molecule has 0 spiro atoms. The molecule has 21 heavy (non-hydrogen) atoms. The zero-order chi connectivity index (χ0) is 14.7. The normalized spacial score (nSPS) is 24.4. The summed E-state index contributed by atoms with van der Waals surface area (Å²) in [4.78, 5) is 2.26. The topological polar surface area (TPSA) is 51.2 Å². The van der Waals surface area contributed by atoms with Crippen molar-refractivity contribution in [1.82, 2.24) is 4.90 Å². The van der Waals surface area contributed by atoms with E-state index in [1.54, 1.807) is 0 Å². The second kappa shape index (κ2) is 6.64. The molecule has 2 aliphatic rings. The van der Waals surface area contributed by atoms with Crippen LogP contribution in [0.1, 0.15) is 25.0 Å². The summed E-state index contributed by atoms with van der Waals surface area (Å²) in [5, 5.41) is 10.5. The van der Waals surface area contributed by atoms with Crippen LogP contribution >= 0.6 is 0 Å². The molecule has 0 aromatic heterocycles. The molecule has 0 aliphatic carbocycles. The van der Waals surface area contributed by atoms with E-state index >= 15 is 0 Å². The van der Waals surface area contributed by atoms with E-state index in [0.29, 0.717) is 19.8 Å². The third-order valence-corrected chi connectivity index (χ3v) is 3.92. The molecule has 3 rings (SSSR count). The van der Waals surface area contributed by atoms with E-state index in [1.165, 1.54) is 0 Å².